The Hall–Kier alpha value is -1.30. The van der Waals surface area contributed by atoms with Gasteiger partial charge in [0.2, 0.25) is 0 Å². The van der Waals surface area contributed by atoms with Crippen LogP contribution in [0.3, 0.4) is 0 Å². The van der Waals surface area contributed by atoms with Crippen molar-refractivity contribution in [3.8, 4) is 11.8 Å². The minimum atomic E-state index is -0.955. The highest BCUT2D eigenvalue weighted by Crippen LogP contribution is 2.40. The number of nitrogens with one attached hydrogen (secondary N) is 1. The molecule has 124 valence electrons. The molecule has 1 aromatic carbocycles. The van der Waals surface area contributed by atoms with Crippen molar-refractivity contribution in [2.24, 2.45) is 5.92 Å². The molecule has 0 amide bonds. The van der Waals surface area contributed by atoms with E-state index in [-0.39, 0.29) is 5.92 Å². The number of rotatable bonds is 3. The van der Waals surface area contributed by atoms with Crippen molar-refractivity contribution in [3.63, 3.8) is 0 Å². The molecule has 0 bridgehead atoms. The summed E-state index contributed by atoms with van der Waals surface area (Å²) in [6.07, 6.45) is 10.0. The van der Waals surface area contributed by atoms with Crippen LogP contribution in [0.25, 0.3) is 0 Å². The third-order valence-electron chi connectivity index (χ3n) is 5.59. The van der Waals surface area contributed by atoms with Crippen molar-refractivity contribution >= 4 is 0 Å². The van der Waals surface area contributed by atoms with Crippen LogP contribution in [0.15, 0.2) is 30.3 Å². The second kappa shape index (κ2) is 7.99. The van der Waals surface area contributed by atoms with Crippen molar-refractivity contribution in [2.45, 2.75) is 57.0 Å². The Morgan fingerprint density at radius 3 is 2.26 bits per heavy atom. The molecule has 2 N–H and O–H groups in total. The van der Waals surface area contributed by atoms with Gasteiger partial charge in [-0.05, 0) is 50.0 Å². The van der Waals surface area contributed by atoms with Crippen LogP contribution in [-0.4, -0.2) is 24.7 Å². The van der Waals surface area contributed by atoms with E-state index in [1.807, 2.05) is 30.3 Å². The van der Waals surface area contributed by atoms with Crippen molar-refractivity contribution in [1.82, 2.24) is 0 Å². The van der Waals surface area contributed by atoms with Gasteiger partial charge in [-0.2, -0.15) is 0 Å². The van der Waals surface area contributed by atoms with Gasteiger partial charge in [-0.1, -0.05) is 49.1 Å². The molecule has 2 fully saturated rings. The molecule has 1 aliphatic heterocycles. The Morgan fingerprint density at radius 1 is 0.957 bits per heavy atom. The third-order valence-corrected chi connectivity index (χ3v) is 5.59. The van der Waals surface area contributed by atoms with E-state index >= 15 is 0 Å². The quantitative estimate of drug-likeness (QED) is 0.824. The minimum Gasteiger partial charge on any atom is -0.373 e. The van der Waals surface area contributed by atoms with Crippen LogP contribution in [-0.2, 0) is 5.60 Å². The van der Waals surface area contributed by atoms with Gasteiger partial charge in [0.05, 0.1) is 13.1 Å². The molecule has 23 heavy (non-hydrogen) atoms. The average Bonchev–Trinajstić information content (AvgIpc) is 3.02. The summed E-state index contributed by atoms with van der Waals surface area (Å²) in [5, 5.41) is 11.4. The van der Waals surface area contributed by atoms with Crippen molar-refractivity contribution in [3.05, 3.63) is 35.9 Å². The zero-order chi connectivity index (χ0) is 16.0. The molecule has 2 heteroatoms. The van der Waals surface area contributed by atoms with Crippen LogP contribution in [0.2, 0.25) is 0 Å². The topological polar surface area (TPSA) is 24.7 Å². The summed E-state index contributed by atoms with van der Waals surface area (Å²) in [6, 6.07) is 10.1. The number of hydrogen-bond donors (Lipinski definition) is 2. The lowest BCUT2D eigenvalue weighted by Crippen LogP contribution is -3.11. The Morgan fingerprint density at radius 2 is 1.61 bits per heavy atom. The zero-order valence-electron chi connectivity index (χ0n) is 14.2. The van der Waals surface area contributed by atoms with Gasteiger partial charge in [0, 0.05) is 5.92 Å². The second-order valence-corrected chi connectivity index (χ2v) is 7.26. The smallest absolute Gasteiger partial charge is 0.153 e. The summed E-state index contributed by atoms with van der Waals surface area (Å²) < 4.78 is 0. The maximum absolute atomic E-state index is 11.4. The standard InChI is InChI=1S/C21H29NO/c23-21(20-13-6-7-14-20,19-11-4-3-5-12-19)15-10-18-22-16-8-1-2-9-17-22/h3-5,11-12,20,23H,1-2,6-9,13-14,16-18H2/p+1. The summed E-state index contributed by atoms with van der Waals surface area (Å²) in [6.45, 7) is 3.35. The molecule has 1 heterocycles. The largest absolute Gasteiger partial charge is 0.373 e. The molecule has 0 radical (unpaired) electrons. The lowest BCUT2D eigenvalue weighted by atomic mass is 9.80. The number of quaternary nitrogens is 1. The van der Waals surface area contributed by atoms with Crippen LogP contribution in [0.1, 0.15) is 56.9 Å². The van der Waals surface area contributed by atoms with Crippen LogP contribution < -0.4 is 4.90 Å². The highest BCUT2D eigenvalue weighted by molar-refractivity contribution is 5.33. The van der Waals surface area contributed by atoms with E-state index in [1.165, 1.54) is 51.6 Å². The molecular weight excluding hydrogens is 282 g/mol. The Bertz CT molecular complexity index is 530. The number of aliphatic hydroxyl groups is 1. The molecular formula is C21H30NO+. The maximum Gasteiger partial charge on any atom is 0.153 e. The molecule has 1 unspecified atom stereocenters. The van der Waals surface area contributed by atoms with E-state index in [4.69, 9.17) is 0 Å². The molecule has 1 saturated heterocycles. The summed E-state index contributed by atoms with van der Waals surface area (Å²) in [4.78, 5) is 1.59. The SMILES string of the molecule is OC(C#CC[NH+]1CCCCCC1)(c1ccccc1)C1CCCC1. The van der Waals surface area contributed by atoms with Gasteiger partial charge in [-0.15, -0.1) is 0 Å². The molecule has 0 aromatic heterocycles. The summed E-state index contributed by atoms with van der Waals surface area (Å²) in [5.41, 5.74) is 0.0218. The highest BCUT2D eigenvalue weighted by atomic mass is 16.3. The predicted octanol–water partition coefficient (Wildman–Crippen LogP) is 2.53. The monoisotopic (exact) mass is 312 g/mol. The van der Waals surface area contributed by atoms with E-state index in [9.17, 15) is 5.11 Å². The first-order chi connectivity index (χ1) is 11.3. The fourth-order valence-electron chi connectivity index (χ4n) is 4.16. The molecule has 2 aliphatic rings. The fraction of sp³-hybridized carbons (Fsp3) is 0.619. The number of benzene rings is 1. The molecule has 1 saturated carbocycles. The van der Waals surface area contributed by atoms with Crippen LogP contribution in [0.5, 0.6) is 0 Å². The Labute approximate surface area is 140 Å². The van der Waals surface area contributed by atoms with E-state index < -0.39 is 5.60 Å². The minimum absolute atomic E-state index is 0.288. The number of likely N-dealkylation sites (tertiary alicyclic amines) is 1. The first-order valence-electron chi connectivity index (χ1n) is 9.40. The fourth-order valence-corrected chi connectivity index (χ4v) is 4.16. The highest BCUT2D eigenvalue weighted by Gasteiger charge is 2.38. The maximum atomic E-state index is 11.4. The van der Waals surface area contributed by atoms with Crippen LogP contribution >= 0.6 is 0 Å². The molecule has 1 atom stereocenters. The summed E-state index contributed by atoms with van der Waals surface area (Å²) >= 11 is 0. The lowest BCUT2D eigenvalue weighted by Gasteiger charge is -2.29. The van der Waals surface area contributed by atoms with E-state index in [2.05, 4.69) is 11.8 Å². The van der Waals surface area contributed by atoms with Crippen molar-refractivity contribution in [2.75, 3.05) is 19.6 Å². The van der Waals surface area contributed by atoms with Gasteiger partial charge in [0.15, 0.2) is 5.60 Å². The van der Waals surface area contributed by atoms with Gasteiger partial charge in [-0.25, -0.2) is 0 Å². The zero-order valence-corrected chi connectivity index (χ0v) is 14.2. The van der Waals surface area contributed by atoms with E-state index in [0.29, 0.717) is 0 Å². The van der Waals surface area contributed by atoms with Crippen molar-refractivity contribution in [1.29, 1.82) is 0 Å². The Kier molecular flexibility index (Phi) is 5.75. The molecule has 0 spiro atoms. The first-order valence-corrected chi connectivity index (χ1v) is 9.40. The van der Waals surface area contributed by atoms with Crippen molar-refractivity contribution < 1.29 is 10.0 Å². The molecule has 1 aliphatic carbocycles. The summed E-state index contributed by atoms with van der Waals surface area (Å²) in [5.74, 6) is 6.96. The summed E-state index contributed by atoms with van der Waals surface area (Å²) in [7, 11) is 0. The predicted molar refractivity (Wildman–Crippen MR) is 94.1 cm³/mol. The lowest BCUT2D eigenvalue weighted by molar-refractivity contribution is -0.891. The van der Waals surface area contributed by atoms with Gasteiger partial charge in [0.25, 0.3) is 0 Å². The molecule has 2 nitrogen and oxygen atoms in total. The van der Waals surface area contributed by atoms with Gasteiger partial charge < -0.3 is 10.0 Å². The first kappa shape index (κ1) is 16.6. The second-order valence-electron chi connectivity index (χ2n) is 7.26. The van der Waals surface area contributed by atoms with E-state index in [1.54, 1.807) is 4.90 Å². The molecule has 1 aromatic rings. The Balaban J connectivity index is 1.75. The third kappa shape index (κ3) is 4.16. The number of hydrogen-bond acceptors (Lipinski definition) is 1. The molecule has 3 rings (SSSR count). The van der Waals surface area contributed by atoms with Gasteiger partial charge >= 0.3 is 0 Å². The van der Waals surface area contributed by atoms with Crippen LogP contribution in [0, 0.1) is 17.8 Å². The van der Waals surface area contributed by atoms with E-state index in [0.717, 1.165) is 24.9 Å². The normalized spacial score (nSPS) is 22.8. The average molecular weight is 312 g/mol. The van der Waals surface area contributed by atoms with Gasteiger partial charge in [0.1, 0.15) is 6.54 Å². The van der Waals surface area contributed by atoms with Gasteiger partial charge in [-0.3, -0.25) is 0 Å². The van der Waals surface area contributed by atoms with Crippen LogP contribution in [0.4, 0.5) is 0 Å².